The second-order valence-electron chi connectivity index (χ2n) is 3.87. The Bertz CT molecular complexity index is 605. The van der Waals surface area contributed by atoms with Crippen molar-refractivity contribution in [2.24, 2.45) is 0 Å². The van der Waals surface area contributed by atoms with Crippen LogP contribution in [0.1, 0.15) is 17.7 Å². The number of hydrogen-bond donors (Lipinski definition) is 1. The lowest BCUT2D eigenvalue weighted by atomic mass is 9.95. The van der Waals surface area contributed by atoms with Crippen molar-refractivity contribution in [3.63, 3.8) is 0 Å². The number of fused-ring (bicyclic) bond motifs is 3. The molecule has 0 bridgehead atoms. The molecule has 0 saturated carbocycles. The predicted molar refractivity (Wildman–Crippen MR) is 60.1 cm³/mol. The van der Waals surface area contributed by atoms with Gasteiger partial charge >= 0.3 is 5.97 Å². The van der Waals surface area contributed by atoms with E-state index in [1.165, 1.54) is 0 Å². The molecule has 0 atom stereocenters. The van der Waals surface area contributed by atoms with Gasteiger partial charge in [0, 0.05) is 10.9 Å². The van der Waals surface area contributed by atoms with Crippen LogP contribution < -0.4 is 0 Å². The fraction of sp³-hybridized carbons (Fsp3) is 0.154. The van der Waals surface area contributed by atoms with Crippen molar-refractivity contribution < 1.29 is 14.3 Å². The van der Waals surface area contributed by atoms with E-state index in [0.29, 0.717) is 5.76 Å². The molecule has 3 rings (SSSR count). The first-order valence-electron chi connectivity index (χ1n) is 5.21. The third-order valence-corrected chi connectivity index (χ3v) is 2.92. The van der Waals surface area contributed by atoms with Gasteiger partial charge in [-0.1, -0.05) is 24.3 Å². The van der Waals surface area contributed by atoms with Gasteiger partial charge in [-0.05, 0) is 18.9 Å². The van der Waals surface area contributed by atoms with Crippen molar-refractivity contribution >= 4 is 22.5 Å². The van der Waals surface area contributed by atoms with E-state index in [1.807, 2.05) is 24.3 Å². The third kappa shape index (κ3) is 1.18. The molecule has 1 aromatic carbocycles. The first-order chi connectivity index (χ1) is 7.77. The van der Waals surface area contributed by atoms with Gasteiger partial charge in [-0.2, -0.15) is 0 Å². The molecule has 0 radical (unpaired) electrons. The van der Waals surface area contributed by atoms with E-state index in [9.17, 15) is 4.79 Å². The number of carbonyl (C=O) groups is 1. The Kier molecular flexibility index (Phi) is 1.86. The van der Waals surface area contributed by atoms with Gasteiger partial charge in [-0.15, -0.1) is 0 Å². The number of aliphatic carboxylic acids is 1. The van der Waals surface area contributed by atoms with Crippen LogP contribution in [0.5, 0.6) is 0 Å². The van der Waals surface area contributed by atoms with Gasteiger partial charge in [0.1, 0.15) is 11.3 Å². The van der Waals surface area contributed by atoms with Crippen molar-refractivity contribution in [3.8, 4) is 0 Å². The zero-order valence-electron chi connectivity index (χ0n) is 8.56. The Morgan fingerprint density at radius 3 is 2.94 bits per heavy atom. The summed E-state index contributed by atoms with van der Waals surface area (Å²) in [5.74, 6) is -0.389. The molecule has 0 saturated heterocycles. The van der Waals surface area contributed by atoms with Crippen LogP contribution in [0.15, 0.2) is 34.8 Å². The van der Waals surface area contributed by atoms with Crippen molar-refractivity contribution in [3.05, 3.63) is 41.7 Å². The number of hydrogen-bond acceptors (Lipinski definition) is 2. The number of para-hydroxylation sites is 1. The minimum atomic E-state index is -0.917. The Morgan fingerprint density at radius 2 is 2.12 bits per heavy atom. The maximum Gasteiger partial charge on any atom is 0.339 e. The highest BCUT2D eigenvalue weighted by Crippen LogP contribution is 2.34. The zero-order valence-corrected chi connectivity index (χ0v) is 8.56. The molecule has 0 unspecified atom stereocenters. The van der Waals surface area contributed by atoms with E-state index in [2.05, 4.69) is 0 Å². The van der Waals surface area contributed by atoms with Crippen LogP contribution in [-0.2, 0) is 11.2 Å². The molecule has 0 spiro atoms. The summed E-state index contributed by atoms with van der Waals surface area (Å²) < 4.78 is 5.62. The number of allylic oxidation sites excluding steroid dienone is 1. The predicted octanol–water partition coefficient (Wildman–Crippen LogP) is 2.85. The van der Waals surface area contributed by atoms with Crippen molar-refractivity contribution in [2.75, 3.05) is 0 Å². The summed E-state index contributed by atoms with van der Waals surface area (Å²) in [5, 5.41) is 10.1. The molecule has 0 fully saturated rings. The van der Waals surface area contributed by atoms with Crippen LogP contribution in [0.4, 0.5) is 0 Å². The number of aryl methyl sites for hydroxylation is 1. The second kappa shape index (κ2) is 3.23. The Labute approximate surface area is 92.0 Å². The summed E-state index contributed by atoms with van der Waals surface area (Å²) >= 11 is 0. The number of carboxylic acids is 1. The first kappa shape index (κ1) is 9.21. The zero-order chi connectivity index (χ0) is 11.1. The minimum absolute atomic E-state index is 0.289. The largest absolute Gasteiger partial charge is 0.478 e. The lowest BCUT2D eigenvalue weighted by molar-refractivity contribution is -0.130. The summed E-state index contributed by atoms with van der Waals surface area (Å²) in [7, 11) is 0. The molecule has 0 aliphatic heterocycles. The quantitative estimate of drug-likeness (QED) is 0.794. The van der Waals surface area contributed by atoms with Gasteiger partial charge < -0.3 is 9.52 Å². The molecule has 1 heterocycles. The summed E-state index contributed by atoms with van der Waals surface area (Å²) in [5.41, 5.74) is 2.08. The van der Waals surface area contributed by atoms with Gasteiger partial charge in [-0.3, -0.25) is 0 Å². The van der Waals surface area contributed by atoms with Gasteiger partial charge in [-0.25, -0.2) is 4.79 Å². The summed E-state index contributed by atoms with van der Waals surface area (Å²) in [4.78, 5) is 11.1. The highest BCUT2D eigenvalue weighted by molar-refractivity contribution is 6.16. The molecule has 80 valence electrons. The second-order valence-corrected chi connectivity index (χ2v) is 3.87. The van der Waals surface area contributed by atoms with Gasteiger partial charge in [0.25, 0.3) is 0 Å². The number of rotatable bonds is 1. The summed E-state index contributed by atoms with van der Waals surface area (Å²) in [6, 6.07) is 7.67. The number of carboxylic acid groups (broad SMARTS) is 1. The van der Waals surface area contributed by atoms with Crippen LogP contribution in [0, 0.1) is 0 Å². The minimum Gasteiger partial charge on any atom is -0.478 e. The van der Waals surface area contributed by atoms with E-state index in [1.54, 1.807) is 6.08 Å². The van der Waals surface area contributed by atoms with Crippen LogP contribution >= 0.6 is 0 Å². The average Bonchev–Trinajstić information content (AvgIpc) is 2.67. The van der Waals surface area contributed by atoms with E-state index in [-0.39, 0.29) is 5.57 Å². The van der Waals surface area contributed by atoms with Crippen molar-refractivity contribution in [1.82, 2.24) is 0 Å². The molecule has 3 nitrogen and oxygen atoms in total. The first-order valence-corrected chi connectivity index (χ1v) is 5.21. The van der Waals surface area contributed by atoms with Crippen molar-refractivity contribution in [2.45, 2.75) is 12.8 Å². The lowest BCUT2D eigenvalue weighted by Crippen LogP contribution is -2.05. The summed E-state index contributed by atoms with van der Waals surface area (Å²) in [6.07, 6.45) is 3.34. The standard InChI is InChI=1S/C13H10O3/c14-13(15)10-6-3-5-9-8-4-1-2-7-11(8)16-12(9)10/h1-2,4,6-7H,3,5H2,(H,14,15). The Balaban J connectivity index is 2.31. The molecule has 1 aromatic heterocycles. The van der Waals surface area contributed by atoms with E-state index in [4.69, 9.17) is 9.52 Å². The monoisotopic (exact) mass is 214 g/mol. The fourth-order valence-electron chi connectivity index (χ4n) is 2.20. The SMILES string of the molecule is O=C(O)C1=CCCc2c1oc1ccccc21. The average molecular weight is 214 g/mol. The van der Waals surface area contributed by atoms with E-state index >= 15 is 0 Å². The third-order valence-electron chi connectivity index (χ3n) is 2.92. The molecular formula is C13H10O3. The molecule has 0 amide bonds. The molecule has 2 aromatic rings. The Morgan fingerprint density at radius 1 is 1.31 bits per heavy atom. The van der Waals surface area contributed by atoms with Gasteiger partial charge in [0.05, 0.1) is 5.57 Å². The topological polar surface area (TPSA) is 50.4 Å². The maximum absolute atomic E-state index is 11.1. The molecular weight excluding hydrogens is 204 g/mol. The lowest BCUT2D eigenvalue weighted by Gasteiger charge is -2.08. The summed E-state index contributed by atoms with van der Waals surface area (Å²) in [6.45, 7) is 0. The highest BCUT2D eigenvalue weighted by atomic mass is 16.4. The van der Waals surface area contributed by atoms with Gasteiger partial charge in [0.15, 0.2) is 0 Å². The molecule has 1 aliphatic carbocycles. The van der Waals surface area contributed by atoms with E-state index < -0.39 is 5.97 Å². The van der Waals surface area contributed by atoms with Crippen LogP contribution in [0.3, 0.4) is 0 Å². The van der Waals surface area contributed by atoms with Crippen LogP contribution in [0.2, 0.25) is 0 Å². The number of benzene rings is 1. The van der Waals surface area contributed by atoms with Crippen molar-refractivity contribution in [1.29, 1.82) is 0 Å². The van der Waals surface area contributed by atoms with E-state index in [0.717, 1.165) is 29.4 Å². The normalized spacial score (nSPS) is 14.6. The molecule has 1 aliphatic rings. The number of furan rings is 1. The van der Waals surface area contributed by atoms with Gasteiger partial charge in [0.2, 0.25) is 0 Å². The maximum atomic E-state index is 11.1. The Hall–Kier alpha value is -2.03. The van der Waals surface area contributed by atoms with Crippen LogP contribution in [0.25, 0.3) is 16.5 Å². The highest BCUT2D eigenvalue weighted by Gasteiger charge is 2.24. The fourth-order valence-corrected chi connectivity index (χ4v) is 2.20. The smallest absolute Gasteiger partial charge is 0.339 e. The molecule has 1 N–H and O–H groups in total. The van der Waals surface area contributed by atoms with Crippen LogP contribution in [-0.4, -0.2) is 11.1 Å². The molecule has 3 heteroatoms. The molecule has 16 heavy (non-hydrogen) atoms.